The molecule has 1 amide bonds. The molecule has 2 heterocycles. The first-order chi connectivity index (χ1) is 10.3. The van der Waals surface area contributed by atoms with Crippen LogP contribution in [0.5, 0.6) is 0 Å². The summed E-state index contributed by atoms with van der Waals surface area (Å²) in [5.74, 6) is 3.11. The maximum Gasteiger partial charge on any atom is 0.224 e. The lowest BCUT2D eigenvalue weighted by atomic mass is 10.0. The molecule has 3 heteroatoms. The van der Waals surface area contributed by atoms with Gasteiger partial charge in [0.15, 0.2) is 0 Å². The average Bonchev–Trinajstić information content (AvgIpc) is 2.90. The lowest BCUT2D eigenvalue weighted by Gasteiger charge is -2.36. The normalized spacial score (nSPS) is 24.2. The summed E-state index contributed by atoms with van der Waals surface area (Å²) < 4.78 is 0. The van der Waals surface area contributed by atoms with Crippen molar-refractivity contribution in [3.63, 3.8) is 0 Å². The van der Waals surface area contributed by atoms with Crippen molar-refractivity contribution in [2.24, 2.45) is 5.92 Å². The molecule has 2 aliphatic heterocycles. The number of likely N-dealkylation sites (tertiary alicyclic amines) is 2. The van der Waals surface area contributed by atoms with E-state index in [1.54, 1.807) is 0 Å². The summed E-state index contributed by atoms with van der Waals surface area (Å²) in [5, 5.41) is 0. The van der Waals surface area contributed by atoms with E-state index >= 15 is 0 Å². The highest BCUT2D eigenvalue weighted by Crippen LogP contribution is 2.25. The number of hydrogen-bond acceptors (Lipinski definition) is 2. The molecular formula is C18H22N2O. The van der Waals surface area contributed by atoms with Crippen molar-refractivity contribution in [2.75, 3.05) is 19.6 Å². The monoisotopic (exact) mass is 282 g/mol. The molecular weight excluding hydrogens is 260 g/mol. The second-order valence-electron chi connectivity index (χ2n) is 6.11. The molecule has 1 unspecified atom stereocenters. The maximum absolute atomic E-state index is 12.0. The summed E-state index contributed by atoms with van der Waals surface area (Å²) in [4.78, 5) is 16.5. The van der Waals surface area contributed by atoms with Crippen LogP contribution in [0.1, 0.15) is 24.8 Å². The number of nitrogens with zero attached hydrogens (tertiary/aromatic N) is 2. The molecule has 0 aromatic heterocycles. The van der Waals surface area contributed by atoms with Gasteiger partial charge < -0.3 is 4.90 Å². The predicted octanol–water partition coefficient (Wildman–Crippen LogP) is 2.13. The van der Waals surface area contributed by atoms with Gasteiger partial charge in [-0.1, -0.05) is 30.3 Å². The molecule has 3 nitrogen and oxygen atoms in total. The maximum atomic E-state index is 12.0. The lowest BCUT2D eigenvalue weighted by Crippen LogP contribution is -2.45. The summed E-state index contributed by atoms with van der Waals surface area (Å²) in [5.41, 5.74) is 1.36. The minimum atomic E-state index is 0.125. The summed E-state index contributed by atoms with van der Waals surface area (Å²) >= 11 is 0. The van der Waals surface area contributed by atoms with Crippen LogP contribution >= 0.6 is 0 Å². The SMILES string of the molecule is C#CC1CC(=O)N(C2CCN(Cc3ccccc3)CC2)C1. The van der Waals surface area contributed by atoms with E-state index in [9.17, 15) is 4.79 Å². The van der Waals surface area contributed by atoms with Crippen molar-refractivity contribution in [3.8, 4) is 12.3 Å². The van der Waals surface area contributed by atoms with Gasteiger partial charge in [0.05, 0.1) is 0 Å². The van der Waals surface area contributed by atoms with Gasteiger partial charge in [-0.15, -0.1) is 12.3 Å². The Morgan fingerprint density at radius 1 is 1.19 bits per heavy atom. The highest BCUT2D eigenvalue weighted by molar-refractivity contribution is 5.79. The van der Waals surface area contributed by atoms with Crippen molar-refractivity contribution >= 4 is 5.91 Å². The summed E-state index contributed by atoms with van der Waals surface area (Å²) in [7, 11) is 0. The molecule has 0 spiro atoms. The Hall–Kier alpha value is -1.79. The van der Waals surface area contributed by atoms with E-state index in [-0.39, 0.29) is 11.8 Å². The van der Waals surface area contributed by atoms with Crippen molar-refractivity contribution in [3.05, 3.63) is 35.9 Å². The zero-order valence-electron chi connectivity index (χ0n) is 12.4. The Kier molecular flexibility index (Phi) is 4.26. The van der Waals surface area contributed by atoms with Gasteiger partial charge in [-0.2, -0.15) is 0 Å². The van der Waals surface area contributed by atoms with E-state index in [0.717, 1.165) is 39.0 Å². The number of rotatable bonds is 3. The molecule has 2 aliphatic rings. The Morgan fingerprint density at radius 2 is 1.90 bits per heavy atom. The van der Waals surface area contributed by atoms with Crippen LogP contribution in [0.2, 0.25) is 0 Å². The largest absolute Gasteiger partial charge is 0.338 e. The molecule has 2 fully saturated rings. The molecule has 0 bridgehead atoms. The van der Waals surface area contributed by atoms with Gasteiger partial charge in [-0.05, 0) is 18.4 Å². The molecule has 0 saturated carbocycles. The van der Waals surface area contributed by atoms with Gasteiger partial charge in [0.25, 0.3) is 0 Å². The summed E-state index contributed by atoms with van der Waals surface area (Å²) in [6.45, 7) is 3.89. The van der Waals surface area contributed by atoms with Gasteiger partial charge in [0.2, 0.25) is 5.91 Å². The van der Waals surface area contributed by atoms with E-state index in [1.807, 2.05) is 4.90 Å². The first-order valence-electron chi connectivity index (χ1n) is 7.78. The van der Waals surface area contributed by atoms with E-state index in [4.69, 9.17) is 6.42 Å². The third-order valence-corrected chi connectivity index (χ3v) is 4.64. The van der Waals surface area contributed by atoms with Crippen molar-refractivity contribution in [1.82, 2.24) is 9.80 Å². The van der Waals surface area contributed by atoms with Crippen LogP contribution in [-0.4, -0.2) is 41.4 Å². The van der Waals surface area contributed by atoms with E-state index < -0.39 is 0 Å². The van der Waals surface area contributed by atoms with Crippen LogP contribution in [0, 0.1) is 18.3 Å². The summed E-state index contributed by atoms with van der Waals surface area (Å²) in [6.07, 6.45) is 8.13. The van der Waals surface area contributed by atoms with Gasteiger partial charge in [0, 0.05) is 44.6 Å². The van der Waals surface area contributed by atoms with E-state index in [0.29, 0.717) is 12.5 Å². The smallest absolute Gasteiger partial charge is 0.224 e. The molecule has 1 aromatic carbocycles. The fourth-order valence-electron chi connectivity index (χ4n) is 3.43. The number of benzene rings is 1. The second kappa shape index (κ2) is 6.32. The highest BCUT2D eigenvalue weighted by Gasteiger charge is 2.34. The number of terminal acetylenes is 1. The van der Waals surface area contributed by atoms with Gasteiger partial charge in [0.1, 0.15) is 0 Å². The molecule has 0 radical (unpaired) electrons. The third-order valence-electron chi connectivity index (χ3n) is 4.64. The van der Waals surface area contributed by atoms with Crippen molar-refractivity contribution in [1.29, 1.82) is 0 Å². The molecule has 1 aromatic rings. The van der Waals surface area contributed by atoms with E-state index in [2.05, 4.69) is 41.2 Å². The number of carbonyl (C=O) groups is 1. The van der Waals surface area contributed by atoms with E-state index in [1.165, 1.54) is 5.56 Å². The van der Waals surface area contributed by atoms with Crippen molar-refractivity contribution < 1.29 is 4.79 Å². The molecule has 3 rings (SSSR count). The van der Waals surface area contributed by atoms with Crippen LogP contribution in [0.4, 0.5) is 0 Å². The third kappa shape index (κ3) is 3.28. The number of piperidine rings is 1. The summed E-state index contributed by atoms with van der Waals surface area (Å²) in [6, 6.07) is 11.0. The Bertz CT molecular complexity index is 526. The molecule has 0 aliphatic carbocycles. The number of hydrogen-bond donors (Lipinski definition) is 0. The molecule has 2 saturated heterocycles. The Balaban J connectivity index is 1.52. The fourth-order valence-corrected chi connectivity index (χ4v) is 3.43. The van der Waals surface area contributed by atoms with Crippen LogP contribution < -0.4 is 0 Å². The fraction of sp³-hybridized carbons (Fsp3) is 0.500. The highest BCUT2D eigenvalue weighted by atomic mass is 16.2. The van der Waals surface area contributed by atoms with Crippen LogP contribution in [0.3, 0.4) is 0 Å². The van der Waals surface area contributed by atoms with Gasteiger partial charge >= 0.3 is 0 Å². The zero-order chi connectivity index (χ0) is 14.7. The standard InChI is InChI=1S/C18H22N2O/c1-2-15-12-18(21)20(14-15)17-8-10-19(11-9-17)13-16-6-4-3-5-7-16/h1,3-7,15,17H,8-14H2. The average molecular weight is 282 g/mol. The quantitative estimate of drug-likeness (QED) is 0.793. The molecule has 1 atom stereocenters. The van der Waals surface area contributed by atoms with Crippen LogP contribution in [0.15, 0.2) is 30.3 Å². The Labute approximate surface area is 126 Å². The zero-order valence-corrected chi connectivity index (χ0v) is 12.4. The topological polar surface area (TPSA) is 23.6 Å². The molecule has 21 heavy (non-hydrogen) atoms. The predicted molar refractivity (Wildman–Crippen MR) is 83.4 cm³/mol. The minimum absolute atomic E-state index is 0.125. The number of amides is 1. The first-order valence-corrected chi connectivity index (χ1v) is 7.78. The van der Waals surface area contributed by atoms with Gasteiger partial charge in [-0.3, -0.25) is 9.69 Å². The van der Waals surface area contributed by atoms with Crippen LogP contribution in [-0.2, 0) is 11.3 Å². The van der Waals surface area contributed by atoms with Crippen LogP contribution in [0.25, 0.3) is 0 Å². The second-order valence-corrected chi connectivity index (χ2v) is 6.11. The first kappa shape index (κ1) is 14.2. The molecule has 0 N–H and O–H groups in total. The Morgan fingerprint density at radius 3 is 2.52 bits per heavy atom. The van der Waals surface area contributed by atoms with Gasteiger partial charge in [-0.25, -0.2) is 0 Å². The lowest BCUT2D eigenvalue weighted by molar-refractivity contribution is -0.130. The minimum Gasteiger partial charge on any atom is -0.338 e. The number of carbonyl (C=O) groups excluding carboxylic acids is 1. The van der Waals surface area contributed by atoms with Crippen molar-refractivity contribution in [2.45, 2.75) is 31.8 Å². The molecule has 110 valence electrons.